The predicted octanol–water partition coefficient (Wildman–Crippen LogP) is 2.96. The summed E-state index contributed by atoms with van der Waals surface area (Å²) in [6, 6.07) is 2.83. The Bertz CT molecular complexity index is 316. The Kier molecular flexibility index (Phi) is 4.91. The third kappa shape index (κ3) is 3.25. The predicted molar refractivity (Wildman–Crippen MR) is 78.8 cm³/mol. The van der Waals surface area contributed by atoms with Gasteiger partial charge in [-0.15, -0.1) is 0 Å². The van der Waals surface area contributed by atoms with Crippen molar-refractivity contribution in [1.29, 1.82) is 0 Å². The molecule has 1 aromatic rings. The highest BCUT2D eigenvalue weighted by Crippen LogP contribution is 2.30. The Hall–Kier alpha value is -0.0300. The van der Waals surface area contributed by atoms with E-state index in [9.17, 15) is 0 Å². The van der Waals surface area contributed by atoms with Crippen molar-refractivity contribution in [1.82, 2.24) is 4.90 Å². The van der Waals surface area contributed by atoms with E-state index in [1.807, 2.05) is 11.8 Å². The van der Waals surface area contributed by atoms with Crippen LogP contribution in [0.15, 0.2) is 16.8 Å². The lowest BCUT2D eigenvalue weighted by molar-refractivity contribution is 0.149. The van der Waals surface area contributed by atoms with Gasteiger partial charge in [0.1, 0.15) is 0 Å². The summed E-state index contributed by atoms with van der Waals surface area (Å²) in [7, 11) is 0. The van der Waals surface area contributed by atoms with E-state index in [0.29, 0.717) is 6.04 Å². The molecule has 0 amide bonds. The Morgan fingerprint density at radius 2 is 2.18 bits per heavy atom. The van der Waals surface area contributed by atoms with Crippen LogP contribution in [0.25, 0.3) is 0 Å². The van der Waals surface area contributed by atoms with Gasteiger partial charge in [-0.3, -0.25) is 4.90 Å². The minimum atomic E-state index is 0.204. The standard InChI is InChI=1S/C13H22N2S2/c1-10(14)13(11-5-8-17-9-11)15-6-3-12(16-2)4-7-15/h5,8-10,12-13H,3-4,6-7,14H2,1-2H3. The molecule has 17 heavy (non-hydrogen) atoms. The van der Waals surface area contributed by atoms with E-state index in [0.717, 1.165) is 5.25 Å². The van der Waals surface area contributed by atoms with Gasteiger partial charge >= 0.3 is 0 Å². The van der Waals surface area contributed by atoms with Gasteiger partial charge in [-0.2, -0.15) is 23.1 Å². The minimum Gasteiger partial charge on any atom is -0.326 e. The van der Waals surface area contributed by atoms with Gasteiger partial charge in [0, 0.05) is 11.3 Å². The number of likely N-dealkylation sites (tertiary alicyclic amines) is 1. The number of nitrogens with zero attached hydrogens (tertiary/aromatic N) is 1. The van der Waals surface area contributed by atoms with E-state index in [1.165, 1.54) is 31.5 Å². The molecule has 96 valence electrons. The van der Waals surface area contributed by atoms with Crippen LogP contribution in [-0.2, 0) is 0 Å². The third-order valence-electron chi connectivity index (χ3n) is 3.59. The second-order valence-corrected chi connectivity index (χ2v) is 6.75. The summed E-state index contributed by atoms with van der Waals surface area (Å²) in [4.78, 5) is 2.57. The molecular weight excluding hydrogens is 248 g/mol. The van der Waals surface area contributed by atoms with Crippen LogP contribution in [0.1, 0.15) is 31.4 Å². The molecule has 2 nitrogen and oxygen atoms in total. The summed E-state index contributed by atoms with van der Waals surface area (Å²) in [6.45, 7) is 4.50. The van der Waals surface area contributed by atoms with Crippen LogP contribution in [0.5, 0.6) is 0 Å². The maximum atomic E-state index is 6.18. The first kappa shape index (κ1) is 13.4. The molecule has 2 atom stereocenters. The Balaban J connectivity index is 2.03. The van der Waals surface area contributed by atoms with E-state index in [4.69, 9.17) is 5.73 Å². The van der Waals surface area contributed by atoms with Gasteiger partial charge in [-0.1, -0.05) is 0 Å². The average Bonchev–Trinajstić information content (AvgIpc) is 2.83. The lowest BCUT2D eigenvalue weighted by Crippen LogP contribution is -2.44. The molecule has 0 aromatic carbocycles. The fourth-order valence-corrected chi connectivity index (χ4v) is 4.05. The highest BCUT2D eigenvalue weighted by molar-refractivity contribution is 7.99. The molecule has 0 bridgehead atoms. The van der Waals surface area contributed by atoms with Crippen molar-refractivity contribution >= 4 is 23.1 Å². The quantitative estimate of drug-likeness (QED) is 0.912. The zero-order valence-electron chi connectivity index (χ0n) is 10.6. The van der Waals surface area contributed by atoms with E-state index in [-0.39, 0.29) is 6.04 Å². The Morgan fingerprint density at radius 1 is 1.47 bits per heavy atom. The highest BCUT2D eigenvalue weighted by atomic mass is 32.2. The summed E-state index contributed by atoms with van der Waals surface area (Å²) >= 11 is 3.78. The monoisotopic (exact) mass is 270 g/mol. The van der Waals surface area contributed by atoms with Crippen molar-refractivity contribution in [3.63, 3.8) is 0 Å². The SMILES string of the molecule is CSC1CCN(C(c2ccsc2)C(C)N)CC1. The zero-order chi connectivity index (χ0) is 12.3. The number of piperidine rings is 1. The van der Waals surface area contributed by atoms with Crippen molar-refractivity contribution in [2.75, 3.05) is 19.3 Å². The molecule has 2 rings (SSSR count). The Morgan fingerprint density at radius 3 is 2.65 bits per heavy atom. The molecule has 1 aliphatic rings. The number of nitrogens with two attached hydrogens (primary N) is 1. The largest absolute Gasteiger partial charge is 0.326 e. The van der Waals surface area contributed by atoms with Crippen molar-refractivity contribution in [2.45, 2.75) is 37.1 Å². The normalized spacial score (nSPS) is 22.5. The molecule has 4 heteroatoms. The van der Waals surface area contributed by atoms with E-state index < -0.39 is 0 Å². The van der Waals surface area contributed by atoms with Gasteiger partial charge in [0.15, 0.2) is 0 Å². The summed E-state index contributed by atoms with van der Waals surface area (Å²) in [5.41, 5.74) is 7.58. The molecule has 0 saturated carbocycles. The first-order chi connectivity index (χ1) is 8.22. The van der Waals surface area contributed by atoms with Crippen LogP contribution in [-0.4, -0.2) is 35.5 Å². The van der Waals surface area contributed by atoms with Crippen molar-refractivity contribution in [3.8, 4) is 0 Å². The third-order valence-corrected chi connectivity index (χ3v) is 5.43. The fourth-order valence-electron chi connectivity index (χ4n) is 2.68. The van der Waals surface area contributed by atoms with Crippen LogP contribution in [0.4, 0.5) is 0 Å². The van der Waals surface area contributed by atoms with Gasteiger partial charge < -0.3 is 5.73 Å². The summed E-state index contributed by atoms with van der Waals surface area (Å²) in [6.07, 6.45) is 4.82. The molecule has 1 aliphatic heterocycles. The first-order valence-corrected chi connectivity index (χ1v) is 8.50. The molecule has 0 spiro atoms. The Labute approximate surface area is 113 Å². The lowest BCUT2D eigenvalue weighted by atomic mass is 9.99. The van der Waals surface area contributed by atoms with Gasteiger partial charge in [0.2, 0.25) is 0 Å². The topological polar surface area (TPSA) is 29.3 Å². The number of thiophene rings is 1. The van der Waals surface area contributed by atoms with Crippen LogP contribution >= 0.6 is 23.1 Å². The van der Waals surface area contributed by atoms with Crippen molar-refractivity contribution in [3.05, 3.63) is 22.4 Å². The first-order valence-electron chi connectivity index (χ1n) is 6.27. The molecule has 1 aromatic heterocycles. The maximum Gasteiger partial charge on any atom is 0.0504 e. The van der Waals surface area contributed by atoms with E-state index >= 15 is 0 Å². The second kappa shape index (κ2) is 6.23. The van der Waals surface area contributed by atoms with Crippen molar-refractivity contribution < 1.29 is 0 Å². The molecule has 1 saturated heterocycles. The molecule has 2 unspecified atom stereocenters. The maximum absolute atomic E-state index is 6.18. The molecular formula is C13H22N2S2. The van der Waals surface area contributed by atoms with Crippen molar-refractivity contribution in [2.24, 2.45) is 5.73 Å². The van der Waals surface area contributed by atoms with Gasteiger partial charge in [-0.05, 0) is 61.5 Å². The van der Waals surface area contributed by atoms with Crippen LogP contribution < -0.4 is 5.73 Å². The fraction of sp³-hybridized carbons (Fsp3) is 0.692. The number of thioether (sulfide) groups is 1. The van der Waals surface area contributed by atoms with Gasteiger partial charge in [0.25, 0.3) is 0 Å². The molecule has 0 aliphatic carbocycles. The molecule has 2 heterocycles. The van der Waals surface area contributed by atoms with Crippen LogP contribution in [0.2, 0.25) is 0 Å². The summed E-state index contributed by atoms with van der Waals surface area (Å²) in [5, 5.41) is 5.25. The number of hydrogen-bond donors (Lipinski definition) is 1. The smallest absolute Gasteiger partial charge is 0.0504 e. The molecule has 1 fully saturated rings. The summed E-state index contributed by atoms with van der Waals surface area (Å²) in [5.74, 6) is 0. The highest BCUT2D eigenvalue weighted by Gasteiger charge is 2.28. The number of hydrogen-bond acceptors (Lipinski definition) is 4. The summed E-state index contributed by atoms with van der Waals surface area (Å²) < 4.78 is 0. The lowest BCUT2D eigenvalue weighted by Gasteiger charge is -2.38. The van der Waals surface area contributed by atoms with Crippen LogP contribution in [0, 0.1) is 0 Å². The van der Waals surface area contributed by atoms with E-state index in [2.05, 4.69) is 34.9 Å². The van der Waals surface area contributed by atoms with Crippen LogP contribution in [0.3, 0.4) is 0 Å². The zero-order valence-corrected chi connectivity index (χ0v) is 12.3. The second-order valence-electron chi connectivity index (χ2n) is 4.83. The molecule has 2 N–H and O–H groups in total. The van der Waals surface area contributed by atoms with Gasteiger partial charge in [0.05, 0.1) is 6.04 Å². The van der Waals surface area contributed by atoms with Gasteiger partial charge in [-0.25, -0.2) is 0 Å². The minimum absolute atomic E-state index is 0.204. The number of rotatable bonds is 4. The molecule has 0 radical (unpaired) electrons. The van der Waals surface area contributed by atoms with E-state index in [1.54, 1.807) is 11.3 Å². The average molecular weight is 270 g/mol.